The number of carbonyl (C=O) groups excluding carboxylic acids is 1. The van der Waals surface area contributed by atoms with Gasteiger partial charge >= 0.3 is 0 Å². The summed E-state index contributed by atoms with van der Waals surface area (Å²) in [4.78, 5) is 14.4. The molecule has 0 radical (unpaired) electrons. The number of hydrogen-bond acceptors (Lipinski definition) is 2. The maximum Gasteiger partial charge on any atom is 0.234 e. The Morgan fingerprint density at radius 2 is 1.85 bits per heavy atom. The first-order chi connectivity index (χ1) is 9.72. The highest BCUT2D eigenvalue weighted by atomic mass is 16.5. The second-order valence-electron chi connectivity index (χ2n) is 5.02. The fraction of sp³-hybridized carbons (Fsp3) is 0.235. The minimum atomic E-state index is -0.148. The molecule has 0 fully saturated rings. The molecule has 102 valence electrons. The van der Waals surface area contributed by atoms with Crippen LogP contribution in [0, 0.1) is 0 Å². The number of methoxy groups -OCH3 is 1. The molecule has 20 heavy (non-hydrogen) atoms. The highest BCUT2D eigenvalue weighted by Crippen LogP contribution is 2.43. The van der Waals surface area contributed by atoms with Crippen molar-refractivity contribution in [2.45, 2.75) is 19.4 Å². The van der Waals surface area contributed by atoms with Crippen molar-refractivity contribution in [1.29, 1.82) is 0 Å². The number of benzene rings is 2. The lowest BCUT2D eigenvalue weighted by Crippen LogP contribution is -2.27. The van der Waals surface area contributed by atoms with Gasteiger partial charge in [0.2, 0.25) is 5.91 Å². The summed E-state index contributed by atoms with van der Waals surface area (Å²) in [6, 6.07) is 15.9. The first kappa shape index (κ1) is 12.7. The zero-order valence-corrected chi connectivity index (χ0v) is 11.7. The van der Waals surface area contributed by atoms with E-state index in [1.807, 2.05) is 60.4 Å². The molecule has 2 aromatic carbocycles. The smallest absolute Gasteiger partial charge is 0.234 e. The number of rotatable bonds is 3. The molecule has 3 nitrogen and oxygen atoms in total. The van der Waals surface area contributed by atoms with Crippen LogP contribution < -0.4 is 9.64 Å². The van der Waals surface area contributed by atoms with Gasteiger partial charge in [-0.2, -0.15) is 0 Å². The van der Waals surface area contributed by atoms with Crippen molar-refractivity contribution in [3.05, 3.63) is 59.7 Å². The summed E-state index contributed by atoms with van der Waals surface area (Å²) in [5.74, 6) is 0.775. The summed E-state index contributed by atoms with van der Waals surface area (Å²) in [6.07, 6.45) is 0. The van der Waals surface area contributed by atoms with Crippen LogP contribution in [0.25, 0.3) is 0 Å². The van der Waals surface area contributed by atoms with E-state index in [9.17, 15) is 4.79 Å². The van der Waals surface area contributed by atoms with Gasteiger partial charge in [0.1, 0.15) is 5.75 Å². The van der Waals surface area contributed by atoms with Crippen molar-refractivity contribution in [2.75, 3.05) is 12.0 Å². The third-order valence-electron chi connectivity index (χ3n) is 3.81. The Bertz CT molecular complexity index is 637. The second-order valence-corrected chi connectivity index (χ2v) is 5.02. The van der Waals surface area contributed by atoms with E-state index in [4.69, 9.17) is 4.74 Å². The summed E-state index contributed by atoms with van der Waals surface area (Å²) in [5, 5.41) is 0. The zero-order chi connectivity index (χ0) is 14.1. The van der Waals surface area contributed by atoms with Gasteiger partial charge < -0.3 is 9.64 Å². The lowest BCUT2D eigenvalue weighted by molar-refractivity contribution is -0.119. The van der Waals surface area contributed by atoms with Crippen molar-refractivity contribution >= 4 is 11.6 Å². The van der Waals surface area contributed by atoms with Gasteiger partial charge in [-0.1, -0.05) is 36.4 Å². The highest BCUT2D eigenvalue weighted by Gasteiger charge is 2.36. The first-order valence-electron chi connectivity index (χ1n) is 6.74. The molecule has 0 saturated carbocycles. The number of ether oxygens (including phenoxy) is 1. The van der Waals surface area contributed by atoms with Crippen LogP contribution in [0.1, 0.15) is 24.0 Å². The number of anilines is 1. The summed E-state index contributed by atoms with van der Waals surface area (Å²) in [5.41, 5.74) is 3.09. The Hall–Kier alpha value is -2.29. The molecule has 1 unspecified atom stereocenters. The molecule has 2 aromatic rings. The summed E-state index contributed by atoms with van der Waals surface area (Å²) in [7, 11) is 1.65. The van der Waals surface area contributed by atoms with Gasteiger partial charge in [-0.15, -0.1) is 0 Å². The number of nitrogens with zero attached hydrogens (tertiary/aromatic N) is 1. The molecule has 1 aliphatic heterocycles. The first-order valence-corrected chi connectivity index (χ1v) is 6.74. The maximum atomic E-state index is 12.5. The van der Waals surface area contributed by atoms with E-state index in [0.717, 1.165) is 22.6 Å². The summed E-state index contributed by atoms with van der Waals surface area (Å²) in [6.45, 7) is 2.54. The number of carbonyl (C=O) groups is 1. The van der Waals surface area contributed by atoms with E-state index >= 15 is 0 Å². The van der Waals surface area contributed by atoms with E-state index < -0.39 is 0 Å². The fourth-order valence-electron chi connectivity index (χ4n) is 2.79. The second kappa shape index (κ2) is 5.00. The Balaban J connectivity index is 2.01. The van der Waals surface area contributed by atoms with Gasteiger partial charge in [0.15, 0.2) is 0 Å². The SMILES string of the molecule is COc1cccc2c1C(C)C(=O)N2Cc1ccccc1. The van der Waals surface area contributed by atoms with E-state index in [1.54, 1.807) is 7.11 Å². The van der Waals surface area contributed by atoms with Gasteiger partial charge in [-0.3, -0.25) is 4.79 Å². The van der Waals surface area contributed by atoms with Crippen molar-refractivity contribution < 1.29 is 9.53 Å². The van der Waals surface area contributed by atoms with Gasteiger partial charge in [-0.25, -0.2) is 0 Å². The molecule has 0 saturated heterocycles. The van der Waals surface area contributed by atoms with Crippen LogP contribution in [0.4, 0.5) is 5.69 Å². The highest BCUT2D eigenvalue weighted by molar-refractivity contribution is 6.05. The van der Waals surface area contributed by atoms with Crippen molar-refractivity contribution in [3.63, 3.8) is 0 Å². The van der Waals surface area contributed by atoms with E-state index in [2.05, 4.69) is 0 Å². The molecule has 0 bridgehead atoms. The standard InChI is InChI=1S/C17H17NO2/c1-12-16-14(9-6-10-15(16)20-2)18(17(12)19)11-13-7-4-3-5-8-13/h3-10,12H,11H2,1-2H3. The molecule has 0 N–H and O–H groups in total. The van der Waals surface area contributed by atoms with Crippen LogP contribution >= 0.6 is 0 Å². The predicted molar refractivity (Wildman–Crippen MR) is 79.0 cm³/mol. The lowest BCUT2D eigenvalue weighted by atomic mass is 10.0. The van der Waals surface area contributed by atoms with Crippen LogP contribution in [-0.4, -0.2) is 13.0 Å². The van der Waals surface area contributed by atoms with Gasteiger partial charge in [0.05, 0.1) is 25.3 Å². The zero-order valence-electron chi connectivity index (χ0n) is 11.7. The predicted octanol–water partition coefficient (Wildman–Crippen LogP) is 3.35. The molecule has 1 amide bonds. The Kier molecular flexibility index (Phi) is 3.18. The molecular formula is C17H17NO2. The van der Waals surface area contributed by atoms with Crippen LogP contribution in [0.5, 0.6) is 5.75 Å². The number of amides is 1. The monoisotopic (exact) mass is 267 g/mol. The third-order valence-corrected chi connectivity index (χ3v) is 3.81. The molecule has 3 heteroatoms. The van der Waals surface area contributed by atoms with Gasteiger partial charge in [-0.05, 0) is 24.6 Å². The summed E-state index contributed by atoms with van der Waals surface area (Å²) < 4.78 is 5.40. The lowest BCUT2D eigenvalue weighted by Gasteiger charge is -2.18. The van der Waals surface area contributed by atoms with Crippen LogP contribution in [0.15, 0.2) is 48.5 Å². The largest absolute Gasteiger partial charge is 0.496 e. The molecule has 1 heterocycles. The minimum absolute atomic E-state index is 0.133. The van der Waals surface area contributed by atoms with Crippen LogP contribution in [0.2, 0.25) is 0 Å². The van der Waals surface area contributed by atoms with Crippen molar-refractivity contribution in [2.24, 2.45) is 0 Å². The van der Waals surface area contributed by atoms with Gasteiger partial charge in [0, 0.05) is 5.56 Å². The molecule has 0 aliphatic carbocycles. The molecule has 0 spiro atoms. The average Bonchev–Trinajstić information content (AvgIpc) is 2.73. The number of fused-ring (bicyclic) bond motifs is 1. The molecule has 0 aromatic heterocycles. The third kappa shape index (κ3) is 1.95. The Morgan fingerprint density at radius 1 is 1.10 bits per heavy atom. The van der Waals surface area contributed by atoms with E-state index in [0.29, 0.717) is 6.54 Å². The van der Waals surface area contributed by atoms with Crippen molar-refractivity contribution in [3.8, 4) is 5.75 Å². The molecular weight excluding hydrogens is 250 g/mol. The maximum absolute atomic E-state index is 12.5. The Labute approximate surface area is 118 Å². The quantitative estimate of drug-likeness (QED) is 0.853. The van der Waals surface area contributed by atoms with E-state index in [1.165, 1.54) is 0 Å². The van der Waals surface area contributed by atoms with Gasteiger partial charge in [0.25, 0.3) is 0 Å². The average molecular weight is 267 g/mol. The minimum Gasteiger partial charge on any atom is -0.496 e. The number of hydrogen-bond donors (Lipinski definition) is 0. The molecule has 1 atom stereocenters. The normalized spacial score (nSPS) is 17.2. The van der Waals surface area contributed by atoms with E-state index in [-0.39, 0.29) is 11.8 Å². The molecule has 3 rings (SSSR count). The van der Waals surface area contributed by atoms with Crippen LogP contribution in [0.3, 0.4) is 0 Å². The topological polar surface area (TPSA) is 29.5 Å². The van der Waals surface area contributed by atoms with Crippen molar-refractivity contribution in [1.82, 2.24) is 0 Å². The molecule has 1 aliphatic rings. The van der Waals surface area contributed by atoms with Crippen LogP contribution in [-0.2, 0) is 11.3 Å². The summed E-state index contributed by atoms with van der Waals surface area (Å²) >= 11 is 0. The Morgan fingerprint density at radius 3 is 2.55 bits per heavy atom. The fourth-order valence-corrected chi connectivity index (χ4v) is 2.79.